The highest BCUT2D eigenvalue weighted by atomic mass is 16.6. The number of nitro groups is 1. The van der Waals surface area contributed by atoms with Crippen molar-refractivity contribution in [3.05, 3.63) is 70.3 Å². The van der Waals surface area contributed by atoms with Crippen LogP contribution in [0.2, 0.25) is 0 Å². The molecule has 1 N–H and O–H groups in total. The molecule has 1 fully saturated rings. The van der Waals surface area contributed by atoms with Crippen molar-refractivity contribution >= 4 is 23.4 Å². The van der Waals surface area contributed by atoms with Crippen LogP contribution in [0.4, 0.5) is 11.4 Å². The third-order valence-corrected chi connectivity index (χ3v) is 4.11. The molecular formula is C20H20N2O5. The molecule has 140 valence electrons. The van der Waals surface area contributed by atoms with Crippen LogP contribution in [0.3, 0.4) is 0 Å². The van der Waals surface area contributed by atoms with E-state index >= 15 is 0 Å². The summed E-state index contributed by atoms with van der Waals surface area (Å²) in [5.41, 5.74) is 0.898. The Hall–Kier alpha value is -3.19. The van der Waals surface area contributed by atoms with Gasteiger partial charge in [-0.2, -0.15) is 0 Å². The first kappa shape index (κ1) is 18.6. The second kappa shape index (κ2) is 8.95. The summed E-state index contributed by atoms with van der Waals surface area (Å²) in [6, 6.07) is 13.3. The molecule has 1 heterocycles. The number of nitro benzene ring substituents is 1. The molecule has 0 aliphatic carbocycles. The lowest BCUT2D eigenvalue weighted by Gasteiger charge is -2.12. The zero-order valence-electron chi connectivity index (χ0n) is 14.7. The predicted octanol–water partition coefficient (Wildman–Crippen LogP) is 3.80. The van der Waals surface area contributed by atoms with Crippen molar-refractivity contribution in [3.8, 4) is 5.75 Å². The van der Waals surface area contributed by atoms with Gasteiger partial charge in [0.25, 0.3) is 5.69 Å². The third-order valence-electron chi connectivity index (χ3n) is 4.11. The summed E-state index contributed by atoms with van der Waals surface area (Å²) in [7, 11) is 0. The fourth-order valence-corrected chi connectivity index (χ4v) is 2.77. The maximum atomic E-state index is 12.1. The second-order valence-corrected chi connectivity index (χ2v) is 6.11. The number of hydrogen-bond donors (Lipinski definition) is 1. The standard InChI is InChI=1S/C20H20N2O5/c23-20(11-10-15-5-1-2-9-19(15)22(24)25)21-16-6-3-7-17(13-16)27-14-18-8-4-12-26-18/h1-3,5-7,9-11,13,18H,4,8,12,14H2,(H,21,23)/b11-10+. The number of carbonyl (C=O) groups is 1. The molecule has 1 atom stereocenters. The molecule has 7 nitrogen and oxygen atoms in total. The maximum Gasteiger partial charge on any atom is 0.276 e. The summed E-state index contributed by atoms with van der Waals surface area (Å²) >= 11 is 0. The van der Waals surface area contributed by atoms with Gasteiger partial charge in [0, 0.05) is 30.5 Å². The van der Waals surface area contributed by atoms with Crippen molar-refractivity contribution in [2.24, 2.45) is 0 Å². The Kier molecular flexibility index (Phi) is 6.17. The average molecular weight is 368 g/mol. The first-order chi connectivity index (χ1) is 13.1. The number of hydrogen-bond acceptors (Lipinski definition) is 5. The van der Waals surface area contributed by atoms with Crippen LogP contribution in [0.5, 0.6) is 5.75 Å². The minimum absolute atomic E-state index is 0.0499. The first-order valence-corrected chi connectivity index (χ1v) is 8.69. The quantitative estimate of drug-likeness (QED) is 0.456. The van der Waals surface area contributed by atoms with Gasteiger partial charge in [0.1, 0.15) is 12.4 Å². The monoisotopic (exact) mass is 368 g/mol. The maximum absolute atomic E-state index is 12.1. The van der Waals surface area contributed by atoms with Gasteiger partial charge in [-0.1, -0.05) is 18.2 Å². The number of carbonyl (C=O) groups excluding carboxylic acids is 1. The molecule has 0 bridgehead atoms. The van der Waals surface area contributed by atoms with Gasteiger partial charge in [-0.15, -0.1) is 0 Å². The predicted molar refractivity (Wildman–Crippen MR) is 102 cm³/mol. The summed E-state index contributed by atoms with van der Waals surface area (Å²) in [6.07, 6.45) is 4.85. The van der Waals surface area contributed by atoms with Gasteiger partial charge in [0.15, 0.2) is 0 Å². The molecular weight excluding hydrogens is 348 g/mol. The van der Waals surface area contributed by atoms with E-state index in [4.69, 9.17) is 9.47 Å². The number of ether oxygens (including phenoxy) is 2. The lowest BCUT2D eigenvalue weighted by molar-refractivity contribution is -0.385. The number of amides is 1. The smallest absolute Gasteiger partial charge is 0.276 e. The molecule has 27 heavy (non-hydrogen) atoms. The number of nitrogens with zero attached hydrogens (tertiary/aromatic N) is 1. The van der Waals surface area contributed by atoms with Gasteiger partial charge in [0.05, 0.1) is 16.6 Å². The second-order valence-electron chi connectivity index (χ2n) is 6.11. The van der Waals surface area contributed by atoms with Crippen LogP contribution >= 0.6 is 0 Å². The van der Waals surface area contributed by atoms with Gasteiger partial charge in [-0.05, 0) is 37.1 Å². The molecule has 1 aliphatic rings. The van der Waals surface area contributed by atoms with Crippen molar-refractivity contribution in [1.82, 2.24) is 0 Å². The van der Waals surface area contributed by atoms with Gasteiger partial charge < -0.3 is 14.8 Å². The minimum Gasteiger partial charge on any atom is -0.491 e. The molecule has 0 aromatic heterocycles. The summed E-state index contributed by atoms with van der Waals surface area (Å²) < 4.78 is 11.2. The van der Waals surface area contributed by atoms with Crippen molar-refractivity contribution in [3.63, 3.8) is 0 Å². The van der Waals surface area contributed by atoms with E-state index in [1.807, 2.05) is 6.07 Å². The molecule has 2 aromatic rings. The highest BCUT2D eigenvalue weighted by Crippen LogP contribution is 2.21. The minimum atomic E-state index is -0.480. The first-order valence-electron chi connectivity index (χ1n) is 8.69. The van der Waals surface area contributed by atoms with E-state index in [0.29, 0.717) is 23.6 Å². The van der Waals surface area contributed by atoms with Crippen molar-refractivity contribution in [1.29, 1.82) is 0 Å². The fraction of sp³-hybridized carbons (Fsp3) is 0.250. The molecule has 0 radical (unpaired) electrons. The van der Waals surface area contributed by atoms with E-state index in [-0.39, 0.29) is 17.7 Å². The summed E-state index contributed by atoms with van der Waals surface area (Å²) in [4.78, 5) is 22.6. The van der Waals surface area contributed by atoms with Crippen LogP contribution in [0.1, 0.15) is 18.4 Å². The zero-order chi connectivity index (χ0) is 19.1. The van der Waals surface area contributed by atoms with Gasteiger partial charge in [-0.3, -0.25) is 14.9 Å². The zero-order valence-corrected chi connectivity index (χ0v) is 14.7. The van der Waals surface area contributed by atoms with E-state index in [0.717, 1.165) is 19.4 Å². The molecule has 3 rings (SSSR count). The van der Waals surface area contributed by atoms with Crippen LogP contribution < -0.4 is 10.1 Å². The van der Waals surface area contributed by atoms with Crippen molar-refractivity contribution < 1.29 is 19.2 Å². The topological polar surface area (TPSA) is 90.7 Å². The van der Waals surface area contributed by atoms with Crippen molar-refractivity contribution in [2.75, 3.05) is 18.5 Å². The number of anilines is 1. The Balaban J connectivity index is 1.59. The van der Waals surface area contributed by atoms with E-state index < -0.39 is 4.92 Å². The number of benzene rings is 2. The number of nitrogens with one attached hydrogen (secondary N) is 1. The lowest BCUT2D eigenvalue weighted by Crippen LogP contribution is -2.16. The number of para-hydroxylation sites is 1. The van der Waals surface area contributed by atoms with Crippen LogP contribution in [-0.4, -0.2) is 30.1 Å². The Bertz CT molecular complexity index is 844. The van der Waals surface area contributed by atoms with Gasteiger partial charge in [-0.25, -0.2) is 0 Å². The Morgan fingerprint density at radius 3 is 2.93 bits per heavy atom. The Morgan fingerprint density at radius 1 is 1.30 bits per heavy atom. The molecule has 1 saturated heterocycles. The highest BCUT2D eigenvalue weighted by Gasteiger charge is 2.16. The van der Waals surface area contributed by atoms with Gasteiger partial charge in [0.2, 0.25) is 5.91 Å². The van der Waals surface area contributed by atoms with Crippen molar-refractivity contribution in [2.45, 2.75) is 18.9 Å². The molecule has 1 amide bonds. The Morgan fingerprint density at radius 2 is 2.15 bits per heavy atom. The largest absolute Gasteiger partial charge is 0.491 e. The SMILES string of the molecule is O=C(/C=C/c1ccccc1[N+](=O)[O-])Nc1cccc(OCC2CCCO2)c1. The number of rotatable bonds is 7. The summed E-state index contributed by atoms with van der Waals surface area (Å²) in [5.74, 6) is 0.260. The summed E-state index contributed by atoms with van der Waals surface area (Å²) in [5, 5.41) is 13.7. The molecule has 7 heteroatoms. The molecule has 1 unspecified atom stereocenters. The highest BCUT2D eigenvalue weighted by molar-refractivity contribution is 6.02. The normalized spacial score (nSPS) is 16.4. The fourth-order valence-electron chi connectivity index (χ4n) is 2.77. The van der Waals surface area contributed by atoms with Crippen LogP contribution in [0.25, 0.3) is 6.08 Å². The van der Waals surface area contributed by atoms with Gasteiger partial charge >= 0.3 is 0 Å². The van der Waals surface area contributed by atoms with Crippen LogP contribution in [-0.2, 0) is 9.53 Å². The van der Waals surface area contributed by atoms with E-state index in [1.165, 1.54) is 18.2 Å². The molecule has 0 spiro atoms. The van der Waals surface area contributed by atoms with E-state index in [1.54, 1.807) is 36.4 Å². The lowest BCUT2D eigenvalue weighted by atomic mass is 10.1. The molecule has 0 saturated carbocycles. The van der Waals surface area contributed by atoms with E-state index in [9.17, 15) is 14.9 Å². The molecule has 2 aromatic carbocycles. The Labute approximate surface area is 156 Å². The molecule has 1 aliphatic heterocycles. The average Bonchev–Trinajstić information content (AvgIpc) is 3.19. The van der Waals surface area contributed by atoms with Crippen LogP contribution in [0.15, 0.2) is 54.6 Å². The third kappa shape index (κ3) is 5.39. The summed E-state index contributed by atoms with van der Waals surface area (Å²) in [6.45, 7) is 1.25. The van der Waals surface area contributed by atoms with Crippen LogP contribution in [0, 0.1) is 10.1 Å². The van der Waals surface area contributed by atoms with E-state index in [2.05, 4.69) is 5.32 Å².